The molecule has 0 bridgehead atoms. The maximum atomic E-state index is 12.8. The van der Waals surface area contributed by atoms with Gasteiger partial charge in [-0.15, -0.1) is 0 Å². The van der Waals surface area contributed by atoms with E-state index in [1.54, 1.807) is 37.3 Å². The van der Waals surface area contributed by atoms with E-state index in [0.717, 1.165) is 5.69 Å². The predicted octanol–water partition coefficient (Wildman–Crippen LogP) is 3.28. The van der Waals surface area contributed by atoms with Crippen molar-refractivity contribution in [2.75, 3.05) is 50.6 Å². The van der Waals surface area contributed by atoms with E-state index in [1.807, 2.05) is 11.0 Å². The van der Waals surface area contributed by atoms with Crippen LogP contribution >= 0.6 is 11.6 Å². The minimum absolute atomic E-state index is 0.0839. The number of carbonyl (C=O) groups is 2. The summed E-state index contributed by atoms with van der Waals surface area (Å²) in [5, 5.41) is 3.38. The van der Waals surface area contributed by atoms with Crippen molar-refractivity contribution in [3.8, 4) is 11.5 Å². The first-order valence-electron chi connectivity index (χ1n) is 9.27. The normalized spacial score (nSPS) is 13.8. The fourth-order valence-corrected chi connectivity index (χ4v) is 3.67. The van der Waals surface area contributed by atoms with Gasteiger partial charge in [0, 0.05) is 38.8 Å². The number of nitrogens with zero attached hydrogens (tertiary/aromatic N) is 2. The maximum Gasteiger partial charge on any atom is 0.263 e. The van der Waals surface area contributed by atoms with Crippen molar-refractivity contribution in [3.63, 3.8) is 0 Å². The van der Waals surface area contributed by atoms with Gasteiger partial charge in [0.2, 0.25) is 5.91 Å². The van der Waals surface area contributed by atoms with Gasteiger partial charge in [-0.05, 0) is 30.3 Å². The Balaban J connectivity index is 1.75. The third kappa shape index (κ3) is 4.56. The van der Waals surface area contributed by atoms with Crippen molar-refractivity contribution in [2.24, 2.45) is 0 Å². The Bertz CT molecular complexity index is 889. The van der Waals surface area contributed by atoms with Gasteiger partial charge in [0.05, 0.1) is 24.9 Å². The van der Waals surface area contributed by atoms with Crippen LogP contribution in [0.15, 0.2) is 36.4 Å². The summed E-state index contributed by atoms with van der Waals surface area (Å²) in [7, 11) is 3.01. The van der Waals surface area contributed by atoms with Crippen LogP contribution in [-0.4, -0.2) is 57.1 Å². The van der Waals surface area contributed by atoms with Crippen LogP contribution in [0.1, 0.15) is 17.3 Å². The van der Waals surface area contributed by atoms with Gasteiger partial charge in [-0.1, -0.05) is 17.7 Å². The molecule has 8 heteroatoms. The number of hydrogen-bond donors (Lipinski definition) is 1. The van der Waals surface area contributed by atoms with Crippen molar-refractivity contribution in [2.45, 2.75) is 6.92 Å². The summed E-state index contributed by atoms with van der Waals surface area (Å²) >= 11 is 6.49. The zero-order chi connectivity index (χ0) is 21.0. The molecule has 1 aliphatic rings. The van der Waals surface area contributed by atoms with Gasteiger partial charge in [-0.2, -0.15) is 0 Å². The molecule has 29 heavy (non-hydrogen) atoms. The Kier molecular flexibility index (Phi) is 6.49. The van der Waals surface area contributed by atoms with E-state index in [4.69, 9.17) is 21.1 Å². The minimum Gasteiger partial charge on any atom is -0.496 e. The number of anilines is 2. The molecule has 1 saturated heterocycles. The largest absolute Gasteiger partial charge is 0.496 e. The molecule has 3 rings (SSSR count). The second-order valence-electron chi connectivity index (χ2n) is 6.65. The van der Waals surface area contributed by atoms with Crippen molar-refractivity contribution in [1.82, 2.24) is 4.90 Å². The first-order chi connectivity index (χ1) is 13.9. The van der Waals surface area contributed by atoms with Crippen LogP contribution in [0.4, 0.5) is 11.4 Å². The van der Waals surface area contributed by atoms with Crippen molar-refractivity contribution >= 4 is 34.8 Å². The molecule has 2 amide bonds. The lowest BCUT2D eigenvalue weighted by atomic mass is 10.1. The number of benzene rings is 2. The molecule has 0 atom stereocenters. The number of amides is 2. The smallest absolute Gasteiger partial charge is 0.263 e. The minimum atomic E-state index is -0.349. The van der Waals surface area contributed by atoms with Crippen molar-refractivity contribution < 1.29 is 19.1 Å². The van der Waals surface area contributed by atoms with Gasteiger partial charge >= 0.3 is 0 Å². The molecule has 2 aromatic carbocycles. The number of hydrogen-bond acceptors (Lipinski definition) is 5. The highest BCUT2D eigenvalue weighted by molar-refractivity contribution is 6.33. The SMILES string of the molecule is COc1cccc(OC)c1C(=O)Nc1ccc(N2CCN(C(C)=O)CC2)c(Cl)c1. The van der Waals surface area contributed by atoms with Crippen LogP contribution < -0.4 is 19.7 Å². The molecular weight excluding hydrogens is 394 g/mol. The van der Waals surface area contributed by atoms with E-state index in [-0.39, 0.29) is 11.8 Å². The zero-order valence-electron chi connectivity index (χ0n) is 16.7. The van der Waals surface area contributed by atoms with E-state index in [9.17, 15) is 9.59 Å². The molecule has 7 nitrogen and oxygen atoms in total. The number of carbonyl (C=O) groups excluding carboxylic acids is 2. The molecule has 0 unspecified atom stereocenters. The fourth-order valence-electron chi connectivity index (χ4n) is 3.37. The number of piperazine rings is 1. The molecule has 1 heterocycles. The molecule has 1 N–H and O–H groups in total. The summed E-state index contributed by atoms with van der Waals surface area (Å²) in [6.07, 6.45) is 0. The Hall–Kier alpha value is -2.93. The van der Waals surface area contributed by atoms with E-state index >= 15 is 0 Å². The van der Waals surface area contributed by atoms with Gasteiger partial charge in [-0.3, -0.25) is 9.59 Å². The standard InChI is InChI=1S/C21H24ClN3O4/c1-14(26)24-9-11-25(12-10-24)17-8-7-15(13-16(17)22)23-21(27)20-18(28-2)5-4-6-19(20)29-3/h4-8,13H,9-12H2,1-3H3,(H,23,27). The van der Waals surface area contributed by atoms with Gasteiger partial charge in [0.1, 0.15) is 17.1 Å². The Morgan fingerprint density at radius 1 is 1.00 bits per heavy atom. The van der Waals surface area contributed by atoms with Gasteiger partial charge in [0.25, 0.3) is 5.91 Å². The first kappa shape index (κ1) is 20.8. The second kappa shape index (κ2) is 9.05. The second-order valence-corrected chi connectivity index (χ2v) is 7.06. The Labute approximate surface area is 175 Å². The number of methoxy groups -OCH3 is 2. The number of nitrogens with one attached hydrogen (secondary N) is 1. The number of rotatable bonds is 5. The highest BCUT2D eigenvalue weighted by atomic mass is 35.5. The molecule has 0 radical (unpaired) electrons. The molecule has 0 saturated carbocycles. The quantitative estimate of drug-likeness (QED) is 0.808. The topological polar surface area (TPSA) is 71.1 Å². The Morgan fingerprint density at radius 2 is 1.62 bits per heavy atom. The fraction of sp³-hybridized carbons (Fsp3) is 0.333. The molecule has 1 aliphatic heterocycles. The molecule has 0 aromatic heterocycles. The van der Waals surface area contributed by atoms with E-state index in [2.05, 4.69) is 10.2 Å². The number of halogens is 1. The van der Waals surface area contributed by atoms with E-state index in [1.165, 1.54) is 14.2 Å². The average Bonchev–Trinajstić information content (AvgIpc) is 2.73. The average molecular weight is 418 g/mol. The first-order valence-corrected chi connectivity index (χ1v) is 9.64. The lowest BCUT2D eigenvalue weighted by Gasteiger charge is -2.36. The molecular formula is C21H24ClN3O4. The molecule has 1 fully saturated rings. The van der Waals surface area contributed by atoms with Crippen LogP contribution in [-0.2, 0) is 4.79 Å². The lowest BCUT2D eigenvalue weighted by molar-refractivity contribution is -0.129. The summed E-state index contributed by atoms with van der Waals surface area (Å²) < 4.78 is 10.6. The zero-order valence-corrected chi connectivity index (χ0v) is 17.5. The summed E-state index contributed by atoms with van der Waals surface area (Å²) in [5.74, 6) is 0.583. The van der Waals surface area contributed by atoms with Gasteiger partial charge < -0.3 is 24.6 Å². The van der Waals surface area contributed by atoms with Crippen LogP contribution in [0.3, 0.4) is 0 Å². The Morgan fingerprint density at radius 3 is 2.14 bits per heavy atom. The van der Waals surface area contributed by atoms with E-state index in [0.29, 0.717) is 54.0 Å². The highest BCUT2D eigenvalue weighted by Gasteiger charge is 2.22. The van der Waals surface area contributed by atoms with Crippen LogP contribution in [0.5, 0.6) is 11.5 Å². The van der Waals surface area contributed by atoms with Crippen molar-refractivity contribution in [1.29, 1.82) is 0 Å². The van der Waals surface area contributed by atoms with Crippen LogP contribution in [0, 0.1) is 0 Å². The monoisotopic (exact) mass is 417 g/mol. The van der Waals surface area contributed by atoms with Crippen LogP contribution in [0.25, 0.3) is 0 Å². The predicted molar refractivity (Wildman–Crippen MR) is 113 cm³/mol. The number of ether oxygens (including phenoxy) is 2. The lowest BCUT2D eigenvalue weighted by Crippen LogP contribution is -2.48. The summed E-state index contributed by atoms with van der Waals surface area (Å²) in [6.45, 7) is 4.33. The summed E-state index contributed by atoms with van der Waals surface area (Å²) in [5.41, 5.74) is 1.76. The van der Waals surface area contributed by atoms with Crippen molar-refractivity contribution in [3.05, 3.63) is 47.0 Å². The third-order valence-corrected chi connectivity index (χ3v) is 5.23. The molecule has 0 spiro atoms. The van der Waals surface area contributed by atoms with Crippen LogP contribution in [0.2, 0.25) is 5.02 Å². The molecule has 0 aliphatic carbocycles. The van der Waals surface area contributed by atoms with Gasteiger partial charge in [0.15, 0.2) is 0 Å². The molecule has 154 valence electrons. The van der Waals surface area contributed by atoms with E-state index < -0.39 is 0 Å². The highest BCUT2D eigenvalue weighted by Crippen LogP contribution is 2.32. The summed E-state index contributed by atoms with van der Waals surface area (Å²) in [6, 6.07) is 10.6. The summed E-state index contributed by atoms with van der Waals surface area (Å²) in [4.78, 5) is 28.3. The third-order valence-electron chi connectivity index (χ3n) is 4.93. The van der Waals surface area contributed by atoms with Gasteiger partial charge in [-0.25, -0.2) is 0 Å². The molecule has 2 aromatic rings. The maximum absolute atomic E-state index is 12.8.